The van der Waals surface area contributed by atoms with Gasteiger partial charge in [0.25, 0.3) is 15.0 Å². The highest BCUT2D eigenvalue weighted by molar-refractivity contribution is 8.13. The minimum Gasteiger partial charge on any atom is -0.479 e. The van der Waals surface area contributed by atoms with Crippen molar-refractivity contribution < 1.29 is 17.9 Å². The van der Waals surface area contributed by atoms with Crippen molar-refractivity contribution >= 4 is 31.3 Å². The fraction of sp³-hybridized carbons (Fsp3) is 0.417. The van der Waals surface area contributed by atoms with Crippen LogP contribution < -0.4 is 9.64 Å². The third-order valence-corrected chi connectivity index (χ3v) is 4.22. The lowest BCUT2D eigenvalue weighted by atomic mass is 10.2. The topological polar surface area (TPSA) is 63.7 Å². The molecule has 2 rings (SSSR count). The smallest absolute Gasteiger partial charge is 0.267 e. The van der Waals surface area contributed by atoms with Gasteiger partial charge in [0, 0.05) is 17.2 Å². The van der Waals surface area contributed by atoms with E-state index in [0.717, 1.165) is 6.42 Å². The highest BCUT2D eigenvalue weighted by Crippen LogP contribution is 2.36. The minimum absolute atomic E-state index is 0.0417. The number of carbonyl (C=O) groups excluding carboxylic acids is 1. The number of rotatable bonds is 3. The van der Waals surface area contributed by atoms with Gasteiger partial charge in [-0.05, 0) is 31.5 Å². The molecule has 104 valence electrons. The van der Waals surface area contributed by atoms with Crippen molar-refractivity contribution in [1.29, 1.82) is 0 Å². The van der Waals surface area contributed by atoms with Crippen molar-refractivity contribution in [3.63, 3.8) is 0 Å². The third kappa shape index (κ3) is 2.69. The van der Waals surface area contributed by atoms with Crippen LogP contribution in [0.25, 0.3) is 0 Å². The Labute approximate surface area is 116 Å². The molecule has 1 heterocycles. The van der Waals surface area contributed by atoms with Gasteiger partial charge in [0.2, 0.25) is 0 Å². The third-order valence-electron chi connectivity index (χ3n) is 2.87. The SMILES string of the molecule is CCCN1C(=O)C(C)Oc2ccc(S(=O)(=O)Cl)cc21. The van der Waals surface area contributed by atoms with Gasteiger partial charge in [0.1, 0.15) is 5.75 Å². The zero-order chi connectivity index (χ0) is 14.2. The molecule has 0 spiro atoms. The molecule has 7 heteroatoms. The van der Waals surface area contributed by atoms with Gasteiger partial charge in [-0.1, -0.05) is 6.92 Å². The molecule has 0 aliphatic carbocycles. The van der Waals surface area contributed by atoms with Crippen LogP contribution in [0.4, 0.5) is 5.69 Å². The summed E-state index contributed by atoms with van der Waals surface area (Å²) in [5.74, 6) is 0.308. The van der Waals surface area contributed by atoms with Gasteiger partial charge in [-0.25, -0.2) is 8.42 Å². The van der Waals surface area contributed by atoms with Gasteiger partial charge in [-0.2, -0.15) is 0 Å². The van der Waals surface area contributed by atoms with Crippen molar-refractivity contribution in [3.05, 3.63) is 18.2 Å². The molecule has 0 saturated heterocycles. The van der Waals surface area contributed by atoms with Crippen molar-refractivity contribution in [2.75, 3.05) is 11.4 Å². The zero-order valence-electron chi connectivity index (χ0n) is 10.6. The first-order chi connectivity index (χ1) is 8.84. The summed E-state index contributed by atoms with van der Waals surface area (Å²) in [6, 6.07) is 4.26. The standard InChI is InChI=1S/C12H14ClNO4S/c1-3-6-14-10-7-9(19(13,16)17)4-5-11(10)18-8(2)12(14)15/h4-5,7-8H,3,6H2,1-2H3. The summed E-state index contributed by atoms with van der Waals surface area (Å²) in [4.78, 5) is 13.6. The molecule has 5 nitrogen and oxygen atoms in total. The van der Waals surface area contributed by atoms with E-state index in [-0.39, 0.29) is 10.8 Å². The number of amides is 1. The molecule has 1 amide bonds. The van der Waals surface area contributed by atoms with Crippen LogP contribution in [0.5, 0.6) is 5.75 Å². The number of halogens is 1. The van der Waals surface area contributed by atoms with Crippen LogP contribution in [0.15, 0.2) is 23.1 Å². The highest BCUT2D eigenvalue weighted by Gasteiger charge is 2.31. The summed E-state index contributed by atoms with van der Waals surface area (Å²) >= 11 is 0. The maximum absolute atomic E-state index is 12.1. The van der Waals surface area contributed by atoms with Crippen LogP contribution in [0.1, 0.15) is 20.3 Å². The number of hydrogen-bond donors (Lipinski definition) is 0. The van der Waals surface area contributed by atoms with Crippen LogP contribution in [-0.4, -0.2) is 27.0 Å². The van der Waals surface area contributed by atoms with E-state index in [2.05, 4.69) is 0 Å². The fourth-order valence-corrected chi connectivity index (χ4v) is 2.76. The van der Waals surface area contributed by atoms with Crippen molar-refractivity contribution in [2.24, 2.45) is 0 Å². The number of fused-ring (bicyclic) bond motifs is 1. The average Bonchev–Trinajstić information content (AvgIpc) is 2.33. The summed E-state index contributed by atoms with van der Waals surface area (Å²) in [7, 11) is 1.49. The van der Waals surface area contributed by atoms with Gasteiger partial charge in [-0.15, -0.1) is 0 Å². The predicted octanol–water partition coefficient (Wildman–Crippen LogP) is 2.14. The fourth-order valence-electron chi connectivity index (χ4n) is 1.99. The summed E-state index contributed by atoms with van der Waals surface area (Å²) in [6.07, 6.45) is 0.188. The van der Waals surface area contributed by atoms with Crippen molar-refractivity contribution in [1.82, 2.24) is 0 Å². The average molecular weight is 304 g/mol. The second-order valence-electron chi connectivity index (χ2n) is 4.32. The summed E-state index contributed by atoms with van der Waals surface area (Å²) < 4.78 is 28.2. The molecule has 1 aromatic rings. The lowest BCUT2D eigenvalue weighted by Crippen LogP contribution is -2.44. The predicted molar refractivity (Wildman–Crippen MR) is 72.2 cm³/mol. The summed E-state index contributed by atoms with van der Waals surface area (Å²) in [5, 5.41) is 0. The normalized spacial score (nSPS) is 19.0. The Morgan fingerprint density at radius 3 is 2.68 bits per heavy atom. The zero-order valence-corrected chi connectivity index (χ0v) is 12.2. The Bertz CT molecular complexity index is 614. The van der Waals surface area contributed by atoms with E-state index in [0.29, 0.717) is 18.0 Å². The summed E-state index contributed by atoms with van der Waals surface area (Å²) in [6.45, 7) is 4.11. The molecule has 1 unspecified atom stereocenters. The van der Waals surface area contributed by atoms with Crippen LogP contribution in [-0.2, 0) is 13.8 Å². The maximum atomic E-state index is 12.1. The van der Waals surface area contributed by atoms with Crippen LogP contribution >= 0.6 is 10.7 Å². The first-order valence-corrected chi connectivity index (χ1v) is 8.22. The molecule has 0 bridgehead atoms. The maximum Gasteiger partial charge on any atom is 0.267 e. The number of ether oxygens (including phenoxy) is 1. The Morgan fingerprint density at radius 1 is 1.42 bits per heavy atom. The van der Waals surface area contributed by atoms with Crippen LogP contribution in [0.2, 0.25) is 0 Å². The van der Waals surface area contributed by atoms with Crippen LogP contribution in [0.3, 0.4) is 0 Å². The van der Waals surface area contributed by atoms with E-state index in [1.807, 2.05) is 6.92 Å². The molecule has 0 N–H and O–H groups in total. The number of anilines is 1. The first-order valence-electron chi connectivity index (χ1n) is 5.91. The van der Waals surface area contributed by atoms with E-state index in [9.17, 15) is 13.2 Å². The Morgan fingerprint density at radius 2 is 2.11 bits per heavy atom. The van der Waals surface area contributed by atoms with E-state index < -0.39 is 15.2 Å². The number of carbonyl (C=O) groups is 1. The second-order valence-corrected chi connectivity index (χ2v) is 6.88. The lowest BCUT2D eigenvalue weighted by molar-refractivity contribution is -0.125. The van der Waals surface area contributed by atoms with Gasteiger partial charge in [0.15, 0.2) is 6.10 Å². The Hall–Kier alpha value is -1.27. The van der Waals surface area contributed by atoms with Gasteiger partial charge in [0.05, 0.1) is 10.6 Å². The summed E-state index contributed by atoms with van der Waals surface area (Å²) in [5.41, 5.74) is 0.451. The quantitative estimate of drug-likeness (QED) is 0.803. The number of hydrogen-bond acceptors (Lipinski definition) is 4. The number of nitrogens with zero attached hydrogens (tertiary/aromatic N) is 1. The lowest BCUT2D eigenvalue weighted by Gasteiger charge is -2.33. The van der Waals surface area contributed by atoms with Gasteiger partial charge in [-0.3, -0.25) is 4.79 Å². The van der Waals surface area contributed by atoms with Gasteiger partial charge >= 0.3 is 0 Å². The Balaban J connectivity index is 2.55. The molecule has 0 aromatic heterocycles. The minimum atomic E-state index is -3.83. The van der Waals surface area contributed by atoms with Crippen molar-refractivity contribution in [2.45, 2.75) is 31.3 Å². The van der Waals surface area contributed by atoms with Gasteiger partial charge < -0.3 is 9.64 Å². The van der Waals surface area contributed by atoms with E-state index in [4.69, 9.17) is 15.4 Å². The molecule has 1 aliphatic heterocycles. The molecule has 19 heavy (non-hydrogen) atoms. The molecule has 0 fully saturated rings. The Kier molecular flexibility index (Phi) is 3.73. The molecule has 1 aliphatic rings. The molecule has 1 atom stereocenters. The number of benzene rings is 1. The van der Waals surface area contributed by atoms with E-state index in [1.165, 1.54) is 23.1 Å². The van der Waals surface area contributed by atoms with E-state index >= 15 is 0 Å². The van der Waals surface area contributed by atoms with Crippen molar-refractivity contribution in [3.8, 4) is 5.75 Å². The molecule has 0 radical (unpaired) electrons. The van der Waals surface area contributed by atoms with E-state index in [1.54, 1.807) is 6.92 Å². The molecular formula is C12H14ClNO4S. The highest BCUT2D eigenvalue weighted by atomic mass is 35.7. The molecule has 0 saturated carbocycles. The first kappa shape index (κ1) is 14.1. The molecular weight excluding hydrogens is 290 g/mol. The largest absolute Gasteiger partial charge is 0.479 e. The second kappa shape index (κ2) is 5.02. The monoisotopic (exact) mass is 303 g/mol. The van der Waals surface area contributed by atoms with Crippen LogP contribution in [0, 0.1) is 0 Å². The molecule has 1 aromatic carbocycles.